The van der Waals surface area contributed by atoms with E-state index in [1.54, 1.807) is 6.92 Å². The maximum Gasteiger partial charge on any atom is 0.345 e. The quantitative estimate of drug-likeness (QED) is 0.478. The monoisotopic (exact) mass is 267 g/mol. The van der Waals surface area contributed by atoms with E-state index in [-0.39, 0.29) is 30.7 Å². The lowest BCUT2D eigenvalue weighted by Crippen LogP contribution is -2.08. The third-order valence-electron chi connectivity index (χ3n) is 2.38. The van der Waals surface area contributed by atoms with Crippen LogP contribution < -0.4 is 0 Å². The second kappa shape index (κ2) is 6.48. The van der Waals surface area contributed by atoms with E-state index in [2.05, 4.69) is 0 Å². The topological polar surface area (TPSA) is 107 Å². The first-order valence-electron chi connectivity index (χ1n) is 5.62. The number of benzene rings is 1. The first-order valence-corrected chi connectivity index (χ1v) is 5.62. The van der Waals surface area contributed by atoms with Crippen molar-refractivity contribution in [2.45, 2.75) is 19.8 Å². The van der Waals surface area contributed by atoms with Crippen LogP contribution >= 0.6 is 0 Å². The van der Waals surface area contributed by atoms with Gasteiger partial charge in [0.25, 0.3) is 5.69 Å². The summed E-state index contributed by atoms with van der Waals surface area (Å²) in [6.07, 6.45) is 0.0369. The molecule has 0 saturated carbocycles. The number of carbonyl (C=O) groups excluding carboxylic acids is 1. The Bertz CT molecular complexity index is 511. The fraction of sp³-hybridized carbons (Fsp3) is 0.333. The van der Waals surface area contributed by atoms with E-state index in [9.17, 15) is 19.7 Å². The van der Waals surface area contributed by atoms with Crippen LogP contribution in [0.3, 0.4) is 0 Å². The molecule has 1 aromatic rings. The number of hydrogen-bond donors (Lipinski definition) is 1. The number of carbonyl (C=O) groups is 2. The van der Waals surface area contributed by atoms with Crippen molar-refractivity contribution in [1.82, 2.24) is 0 Å². The molecular formula is C12H13NO6. The number of carboxylic acids is 1. The van der Waals surface area contributed by atoms with Gasteiger partial charge in [0.1, 0.15) is 5.56 Å². The Labute approximate surface area is 109 Å². The molecule has 0 bridgehead atoms. The SMILES string of the molecule is CCOC(=O)c1ccc(CCC(=O)O)cc1[N+](=O)[O-]. The Kier molecular flexibility index (Phi) is 4.99. The Morgan fingerprint density at radius 3 is 2.63 bits per heavy atom. The summed E-state index contributed by atoms with van der Waals surface area (Å²) >= 11 is 0. The molecule has 1 N–H and O–H groups in total. The van der Waals surface area contributed by atoms with Crippen LogP contribution in [-0.4, -0.2) is 28.6 Å². The molecule has 7 heteroatoms. The molecule has 102 valence electrons. The number of nitrogens with zero attached hydrogens (tertiary/aromatic N) is 1. The number of carboxylic acid groups (broad SMARTS) is 1. The van der Waals surface area contributed by atoms with Gasteiger partial charge in [-0.05, 0) is 25.0 Å². The lowest BCUT2D eigenvalue weighted by molar-refractivity contribution is -0.385. The van der Waals surface area contributed by atoms with Gasteiger partial charge in [-0.1, -0.05) is 6.07 Å². The second-order valence-electron chi connectivity index (χ2n) is 3.72. The van der Waals surface area contributed by atoms with Crippen LogP contribution in [0.25, 0.3) is 0 Å². The van der Waals surface area contributed by atoms with Gasteiger partial charge in [-0.2, -0.15) is 0 Å². The molecule has 1 rings (SSSR count). The maximum absolute atomic E-state index is 11.5. The second-order valence-corrected chi connectivity index (χ2v) is 3.72. The zero-order valence-electron chi connectivity index (χ0n) is 10.3. The zero-order chi connectivity index (χ0) is 14.4. The average Bonchev–Trinajstić information content (AvgIpc) is 2.36. The third-order valence-corrected chi connectivity index (χ3v) is 2.38. The lowest BCUT2D eigenvalue weighted by atomic mass is 10.1. The lowest BCUT2D eigenvalue weighted by Gasteiger charge is -2.05. The standard InChI is InChI=1S/C12H13NO6/c1-2-19-12(16)9-5-3-8(4-6-11(14)15)7-10(9)13(17)18/h3,5,7H,2,4,6H2,1H3,(H,14,15). The molecule has 0 aliphatic rings. The molecule has 0 atom stereocenters. The van der Waals surface area contributed by atoms with Crippen LogP contribution in [0.15, 0.2) is 18.2 Å². The van der Waals surface area contributed by atoms with Gasteiger partial charge in [0.2, 0.25) is 0 Å². The van der Waals surface area contributed by atoms with Crippen molar-refractivity contribution >= 4 is 17.6 Å². The highest BCUT2D eigenvalue weighted by molar-refractivity contribution is 5.94. The van der Waals surface area contributed by atoms with Gasteiger partial charge in [-0.3, -0.25) is 14.9 Å². The van der Waals surface area contributed by atoms with Crippen LogP contribution in [0.4, 0.5) is 5.69 Å². The average molecular weight is 267 g/mol. The molecule has 0 aliphatic heterocycles. The van der Waals surface area contributed by atoms with Crippen molar-refractivity contribution in [3.63, 3.8) is 0 Å². The van der Waals surface area contributed by atoms with Crippen molar-refractivity contribution in [3.8, 4) is 0 Å². The summed E-state index contributed by atoms with van der Waals surface area (Å²) in [5.41, 5.74) is -0.0191. The highest BCUT2D eigenvalue weighted by Gasteiger charge is 2.21. The normalized spacial score (nSPS) is 9.95. The van der Waals surface area contributed by atoms with Gasteiger partial charge in [0, 0.05) is 12.5 Å². The van der Waals surface area contributed by atoms with Gasteiger partial charge in [-0.25, -0.2) is 4.79 Å². The predicted molar refractivity (Wildman–Crippen MR) is 65.0 cm³/mol. The molecule has 0 unspecified atom stereocenters. The summed E-state index contributed by atoms with van der Waals surface area (Å²) in [5.74, 6) is -1.75. The number of nitro groups is 1. The number of nitro benzene ring substituents is 1. The Morgan fingerprint density at radius 2 is 2.11 bits per heavy atom. The van der Waals surface area contributed by atoms with E-state index in [0.29, 0.717) is 5.56 Å². The van der Waals surface area contributed by atoms with Crippen LogP contribution in [0, 0.1) is 10.1 Å². The first-order chi connectivity index (χ1) is 8.95. The molecule has 0 amide bonds. The van der Waals surface area contributed by atoms with Gasteiger partial charge in [0.05, 0.1) is 11.5 Å². The molecule has 0 heterocycles. The molecular weight excluding hydrogens is 254 g/mol. The van der Waals surface area contributed by atoms with Crippen molar-refractivity contribution in [3.05, 3.63) is 39.4 Å². The largest absolute Gasteiger partial charge is 0.481 e. The smallest absolute Gasteiger partial charge is 0.345 e. The van der Waals surface area contributed by atoms with Crippen LogP contribution in [-0.2, 0) is 16.0 Å². The summed E-state index contributed by atoms with van der Waals surface area (Å²) in [6, 6.07) is 3.98. The number of hydrogen-bond acceptors (Lipinski definition) is 5. The van der Waals surface area contributed by atoms with Crippen molar-refractivity contribution < 1.29 is 24.4 Å². The Balaban J connectivity index is 3.04. The zero-order valence-corrected chi connectivity index (χ0v) is 10.3. The van der Waals surface area contributed by atoms with Gasteiger partial charge < -0.3 is 9.84 Å². The first kappa shape index (κ1) is 14.6. The third kappa shape index (κ3) is 4.06. The molecule has 0 radical (unpaired) electrons. The number of esters is 1. The summed E-state index contributed by atoms with van der Waals surface area (Å²) in [5, 5.41) is 19.5. The van der Waals surface area contributed by atoms with E-state index in [1.807, 2.05) is 0 Å². The highest BCUT2D eigenvalue weighted by atomic mass is 16.6. The van der Waals surface area contributed by atoms with Crippen LogP contribution in [0.1, 0.15) is 29.3 Å². The number of aliphatic carboxylic acids is 1. The summed E-state index contributed by atoms with van der Waals surface area (Å²) in [6.45, 7) is 1.72. The van der Waals surface area contributed by atoms with Crippen LogP contribution in [0.2, 0.25) is 0 Å². The number of aryl methyl sites for hydroxylation is 1. The van der Waals surface area contributed by atoms with Gasteiger partial charge in [0.15, 0.2) is 0 Å². The fourth-order valence-electron chi connectivity index (χ4n) is 1.52. The molecule has 19 heavy (non-hydrogen) atoms. The van der Waals surface area contributed by atoms with E-state index >= 15 is 0 Å². The summed E-state index contributed by atoms with van der Waals surface area (Å²) < 4.78 is 4.72. The van der Waals surface area contributed by atoms with Crippen molar-refractivity contribution in [2.24, 2.45) is 0 Å². The van der Waals surface area contributed by atoms with Crippen molar-refractivity contribution in [1.29, 1.82) is 0 Å². The van der Waals surface area contributed by atoms with E-state index in [1.165, 1.54) is 18.2 Å². The molecule has 0 aromatic heterocycles. The van der Waals surface area contributed by atoms with E-state index in [4.69, 9.17) is 9.84 Å². The maximum atomic E-state index is 11.5. The molecule has 7 nitrogen and oxygen atoms in total. The van der Waals surface area contributed by atoms with E-state index in [0.717, 1.165) is 0 Å². The molecule has 0 saturated heterocycles. The minimum atomic E-state index is -0.989. The highest BCUT2D eigenvalue weighted by Crippen LogP contribution is 2.22. The summed E-state index contributed by atoms with van der Waals surface area (Å²) in [4.78, 5) is 32.2. The molecule has 1 aromatic carbocycles. The Hall–Kier alpha value is -2.44. The summed E-state index contributed by atoms with van der Waals surface area (Å²) in [7, 11) is 0. The molecule has 0 fully saturated rings. The van der Waals surface area contributed by atoms with Crippen molar-refractivity contribution in [2.75, 3.05) is 6.61 Å². The van der Waals surface area contributed by atoms with Crippen LogP contribution in [0.5, 0.6) is 0 Å². The minimum absolute atomic E-state index is 0.122. The van der Waals surface area contributed by atoms with Gasteiger partial charge in [-0.15, -0.1) is 0 Å². The fourth-order valence-corrected chi connectivity index (χ4v) is 1.52. The van der Waals surface area contributed by atoms with E-state index < -0.39 is 16.9 Å². The number of rotatable bonds is 6. The minimum Gasteiger partial charge on any atom is -0.481 e. The molecule has 0 spiro atoms. The Morgan fingerprint density at radius 1 is 1.42 bits per heavy atom. The number of ether oxygens (including phenoxy) is 1. The molecule has 0 aliphatic carbocycles. The van der Waals surface area contributed by atoms with Gasteiger partial charge >= 0.3 is 11.9 Å². The predicted octanol–water partition coefficient (Wildman–Crippen LogP) is 1.79.